The summed E-state index contributed by atoms with van der Waals surface area (Å²) in [5.74, 6) is 2.85. The zero-order valence-electron chi connectivity index (χ0n) is 22.5. The first-order chi connectivity index (χ1) is 19.8. The number of thioether (sulfide) groups is 1. The van der Waals surface area contributed by atoms with Crippen molar-refractivity contribution in [2.75, 3.05) is 0 Å². The molecule has 0 saturated carbocycles. The standard InChI is InChI=1S/C32H27N3O5S/c1-32(30(37)34-31(38)41-32)18-20-3-11-24(12-4-20)39-19-29-33-27-16-15-26(17-28(27)35(29)2)40-25-13-7-22(8-14-25)21-5-9-23(36)10-6-21/h3-17,36H,18-19H2,1-2H3,(H,34,37,38). The highest BCUT2D eigenvalue weighted by Crippen LogP contribution is 2.35. The molecule has 2 amide bonds. The molecule has 9 heteroatoms. The minimum atomic E-state index is -0.799. The molecule has 8 nitrogen and oxygen atoms in total. The van der Waals surface area contributed by atoms with Crippen LogP contribution in [0.5, 0.6) is 23.0 Å². The van der Waals surface area contributed by atoms with Gasteiger partial charge in [0.05, 0.1) is 11.0 Å². The molecule has 41 heavy (non-hydrogen) atoms. The van der Waals surface area contributed by atoms with Gasteiger partial charge < -0.3 is 19.1 Å². The van der Waals surface area contributed by atoms with Crippen LogP contribution in [0.15, 0.2) is 91.0 Å². The third-order valence-electron chi connectivity index (χ3n) is 7.08. The molecule has 1 aliphatic heterocycles. The van der Waals surface area contributed by atoms with Crippen molar-refractivity contribution in [3.8, 4) is 34.1 Å². The maximum atomic E-state index is 12.1. The number of aromatic hydroxyl groups is 1. The van der Waals surface area contributed by atoms with Gasteiger partial charge in [-0.25, -0.2) is 4.98 Å². The summed E-state index contributed by atoms with van der Waals surface area (Å²) >= 11 is 1.03. The second kappa shape index (κ2) is 10.7. The molecule has 1 aliphatic rings. The smallest absolute Gasteiger partial charge is 0.286 e. The fourth-order valence-electron chi connectivity index (χ4n) is 4.78. The lowest BCUT2D eigenvalue weighted by Crippen LogP contribution is -2.35. The fraction of sp³-hybridized carbons (Fsp3) is 0.156. The Labute approximate surface area is 240 Å². The number of carbonyl (C=O) groups is 2. The first-order valence-corrected chi connectivity index (χ1v) is 13.9. The summed E-state index contributed by atoms with van der Waals surface area (Å²) in [7, 11) is 1.94. The van der Waals surface area contributed by atoms with E-state index in [4.69, 9.17) is 14.5 Å². The van der Waals surface area contributed by atoms with Crippen LogP contribution in [0.4, 0.5) is 4.79 Å². The highest BCUT2D eigenvalue weighted by Gasteiger charge is 2.43. The lowest BCUT2D eigenvalue weighted by Gasteiger charge is -2.18. The average Bonchev–Trinajstić information content (AvgIpc) is 3.41. The van der Waals surface area contributed by atoms with E-state index in [1.807, 2.05) is 90.5 Å². The number of aromatic nitrogens is 2. The number of benzene rings is 4. The monoisotopic (exact) mass is 565 g/mol. The van der Waals surface area contributed by atoms with Crippen molar-refractivity contribution in [1.29, 1.82) is 0 Å². The number of amides is 2. The van der Waals surface area contributed by atoms with Crippen molar-refractivity contribution in [1.82, 2.24) is 14.9 Å². The Kier molecular flexibility index (Phi) is 6.88. The minimum Gasteiger partial charge on any atom is -0.508 e. The van der Waals surface area contributed by atoms with Crippen LogP contribution in [-0.4, -0.2) is 30.6 Å². The molecule has 1 aromatic heterocycles. The molecule has 0 bridgehead atoms. The third kappa shape index (κ3) is 5.62. The summed E-state index contributed by atoms with van der Waals surface area (Å²) in [5.41, 5.74) is 4.76. The Morgan fingerprint density at radius 1 is 0.878 bits per heavy atom. The van der Waals surface area contributed by atoms with Crippen molar-refractivity contribution in [2.24, 2.45) is 7.05 Å². The van der Waals surface area contributed by atoms with Gasteiger partial charge in [0.15, 0.2) is 0 Å². The first-order valence-electron chi connectivity index (χ1n) is 13.0. The molecule has 6 rings (SSSR count). The van der Waals surface area contributed by atoms with Gasteiger partial charge in [-0.2, -0.15) is 0 Å². The lowest BCUT2D eigenvalue weighted by atomic mass is 9.99. The molecular formula is C32H27N3O5S. The number of rotatable bonds is 8. The average molecular weight is 566 g/mol. The third-order valence-corrected chi connectivity index (χ3v) is 8.15. The summed E-state index contributed by atoms with van der Waals surface area (Å²) in [6.07, 6.45) is 0.452. The molecule has 1 saturated heterocycles. The molecule has 206 valence electrons. The van der Waals surface area contributed by atoms with Gasteiger partial charge in [-0.05, 0) is 90.3 Å². The van der Waals surface area contributed by atoms with Crippen molar-refractivity contribution in [3.05, 3.63) is 102 Å². The zero-order valence-corrected chi connectivity index (χ0v) is 23.3. The number of aryl methyl sites for hydroxylation is 1. The second-order valence-corrected chi connectivity index (χ2v) is 11.6. The predicted octanol–water partition coefficient (Wildman–Crippen LogP) is 6.60. The van der Waals surface area contributed by atoms with Crippen molar-refractivity contribution in [3.63, 3.8) is 0 Å². The van der Waals surface area contributed by atoms with Crippen LogP contribution < -0.4 is 14.8 Å². The number of fused-ring (bicyclic) bond motifs is 1. The predicted molar refractivity (Wildman–Crippen MR) is 158 cm³/mol. The van der Waals surface area contributed by atoms with Crippen molar-refractivity contribution < 1.29 is 24.2 Å². The number of imide groups is 1. The number of hydrogen-bond acceptors (Lipinski definition) is 7. The molecule has 0 radical (unpaired) electrons. The molecule has 0 aliphatic carbocycles. The Morgan fingerprint density at radius 3 is 2.17 bits per heavy atom. The van der Waals surface area contributed by atoms with E-state index < -0.39 is 4.75 Å². The van der Waals surface area contributed by atoms with E-state index >= 15 is 0 Å². The normalized spacial score (nSPS) is 16.6. The number of nitrogens with zero attached hydrogens (tertiary/aromatic N) is 2. The highest BCUT2D eigenvalue weighted by molar-refractivity contribution is 8.16. The molecule has 5 aromatic rings. The Hall–Kier alpha value is -4.76. The fourth-order valence-corrected chi connectivity index (χ4v) is 5.71. The van der Waals surface area contributed by atoms with Crippen LogP contribution in [0.2, 0.25) is 0 Å². The number of nitrogens with one attached hydrogen (secondary N) is 1. The number of imidazole rings is 1. The molecule has 1 unspecified atom stereocenters. The van der Waals surface area contributed by atoms with Crippen molar-refractivity contribution >= 4 is 33.9 Å². The summed E-state index contributed by atoms with van der Waals surface area (Å²) in [5, 5.41) is 11.6. The summed E-state index contributed by atoms with van der Waals surface area (Å²) < 4.78 is 13.3. The summed E-state index contributed by atoms with van der Waals surface area (Å²) in [6.45, 7) is 2.06. The maximum Gasteiger partial charge on any atom is 0.286 e. The topological polar surface area (TPSA) is 103 Å². The van der Waals surface area contributed by atoms with Crippen LogP contribution in [-0.2, 0) is 24.9 Å². The van der Waals surface area contributed by atoms with E-state index in [1.165, 1.54) is 0 Å². The Morgan fingerprint density at radius 2 is 1.51 bits per heavy atom. The second-order valence-electron chi connectivity index (χ2n) is 10.1. The van der Waals surface area contributed by atoms with Gasteiger partial charge >= 0.3 is 0 Å². The van der Waals surface area contributed by atoms with E-state index in [0.717, 1.165) is 45.3 Å². The molecule has 0 spiro atoms. The van der Waals surface area contributed by atoms with Gasteiger partial charge in [-0.1, -0.05) is 36.4 Å². The molecular weight excluding hydrogens is 538 g/mol. The number of carbonyl (C=O) groups excluding carboxylic acids is 2. The largest absolute Gasteiger partial charge is 0.508 e. The highest BCUT2D eigenvalue weighted by atomic mass is 32.2. The molecule has 1 atom stereocenters. The maximum absolute atomic E-state index is 12.1. The van der Waals surface area contributed by atoms with Crippen LogP contribution >= 0.6 is 11.8 Å². The van der Waals surface area contributed by atoms with Crippen LogP contribution in [0.25, 0.3) is 22.2 Å². The van der Waals surface area contributed by atoms with Gasteiger partial charge in [0.2, 0.25) is 5.91 Å². The van der Waals surface area contributed by atoms with Crippen LogP contribution in [0, 0.1) is 0 Å². The van der Waals surface area contributed by atoms with Gasteiger partial charge in [-0.3, -0.25) is 14.9 Å². The van der Waals surface area contributed by atoms with E-state index in [-0.39, 0.29) is 23.5 Å². The van der Waals surface area contributed by atoms with Gasteiger partial charge in [-0.15, -0.1) is 0 Å². The summed E-state index contributed by atoms with van der Waals surface area (Å²) in [6, 6.07) is 28.2. The number of phenols is 1. The minimum absolute atomic E-state index is 0.240. The van der Waals surface area contributed by atoms with Gasteiger partial charge in [0.25, 0.3) is 5.24 Å². The summed E-state index contributed by atoms with van der Waals surface area (Å²) in [4.78, 5) is 28.4. The van der Waals surface area contributed by atoms with Crippen molar-refractivity contribution in [2.45, 2.75) is 24.7 Å². The molecule has 4 aromatic carbocycles. The zero-order chi connectivity index (χ0) is 28.6. The quantitative estimate of drug-likeness (QED) is 0.218. The van der Waals surface area contributed by atoms with E-state index in [2.05, 4.69) is 5.32 Å². The van der Waals surface area contributed by atoms with Crippen LogP contribution in [0.3, 0.4) is 0 Å². The van der Waals surface area contributed by atoms with Gasteiger partial charge in [0.1, 0.15) is 40.2 Å². The van der Waals surface area contributed by atoms with Gasteiger partial charge in [0, 0.05) is 13.1 Å². The lowest BCUT2D eigenvalue weighted by molar-refractivity contribution is -0.121. The Balaban J connectivity index is 1.10. The molecule has 2 heterocycles. The van der Waals surface area contributed by atoms with E-state index in [0.29, 0.717) is 23.7 Å². The molecule has 1 fully saturated rings. The number of ether oxygens (including phenoxy) is 2. The SMILES string of the molecule is Cn1c(COc2ccc(CC3(C)SC(=O)NC3=O)cc2)nc2ccc(Oc3ccc(-c4ccc(O)cc4)cc3)cc21. The number of phenolic OH excluding ortho intramolecular Hbond substituents is 1. The number of hydrogen-bond donors (Lipinski definition) is 2. The van der Waals surface area contributed by atoms with Crippen LogP contribution in [0.1, 0.15) is 18.3 Å². The van der Waals surface area contributed by atoms with E-state index in [9.17, 15) is 14.7 Å². The molecule has 2 N–H and O–H groups in total. The first kappa shape index (κ1) is 26.5. The van der Waals surface area contributed by atoms with E-state index in [1.54, 1.807) is 19.1 Å². The Bertz CT molecular complexity index is 1750.